The fourth-order valence-electron chi connectivity index (χ4n) is 3.28. The molecule has 0 aliphatic carbocycles. The summed E-state index contributed by atoms with van der Waals surface area (Å²) in [6, 6.07) is 10.3. The van der Waals surface area contributed by atoms with Gasteiger partial charge in [-0.05, 0) is 29.2 Å². The van der Waals surface area contributed by atoms with Gasteiger partial charge in [-0.1, -0.05) is 31.2 Å². The van der Waals surface area contributed by atoms with Gasteiger partial charge < -0.3 is 19.7 Å². The molecule has 7 heteroatoms. The third kappa shape index (κ3) is 4.36. The fraction of sp³-hybridized carbons (Fsp3) is 0.350. The van der Waals surface area contributed by atoms with E-state index in [2.05, 4.69) is 5.32 Å². The van der Waals surface area contributed by atoms with E-state index in [0.29, 0.717) is 13.0 Å². The highest BCUT2D eigenvalue weighted by atomic mass is 16.4. The van der Waals surface area contributed by atoms with E-state index < -0.39 is 12.0 Å². The molecule has 1 aromatic carbocycles. The molecule has 2 N–H and O–H groups in total. The first-order valence-electron chi connectivity index (χ1n) is 8.86. The van der Waals surface area contributed by atoms with Crippen molar-refractivity contribution < 1.29 is 23.9 Å². The van der Waals surface area contributed by atoms with Crippen LogP contribution in [0.4, 0.5) is 0 Å². The zero-order valence-electron chi connectivity index (χ0n) is 15.1. The fourth-order valence-corrected chi connectivity index (χ4v) is 3.28. The summed E-state index contributed by atoms with van der Waals surface area (Å²) in [6.07, 6.45) is 1.80. The Morgan fingerprint density at radius 3 is 2.63 bits per heavy atom. The lowest BCUT2D eigenvalue weighted by Gasteiger charge is -2.35. The Bertz CT molecular complexity index is 831. The third-order valence-electron chi connectivity index (χ3n) is 4.69. The van der Waals surface area contributed by atoms with Gasteiger partial charge in [-0.3, -0.25) is 14.4 Å². The maximum Gasteiger partial charge on any atom is 0.303 e. The third-order valence-corrected chi connectivity index (χ3v) is 4.69. The highest BCUT2D eigenvalue weighted by Crippen LogP contribution is 2.25. The van der Waals surface area contributed by atoms with Crippen LogP contribution in [0.25, 0.3) is 0 Å². The minimum absolute atomic E-state index is 0.0250. The number of hydrogen-bond acceptors (Lipinski definition) is 4. The first-order valence-corrected chi connectivity index (χ1v) is 8.86. The lowest BCUT2D eigenvalue weighted by atomic mass is 9.93. The number of rotatable bonds is 6. The summed E-state index contributed by atoms with van der Waals surface area (Å²) in [5.41, 5.74) is 2.03. The molecular formula is C20H22N2O5. The minimum atomic E-state index is -0.905. The number of carboxylic acid groups (broad SMARTS) is 1. The van der Waals surface area contributed by atoms with Crippen molar-refractivity contribution in [3.63, 3.8) is 0 Å². The second-order valence-electron chi connectivity index (χ2n) is 6.85. The molecule has 2 aromatic rings. The average Bonchev–Trinajstić information content (AvgIpc) is 3.18. The minimum Gasteiger partial charge on any atom is -0.481 e. The second kappa shape index (κ2) is 8.07. The smallest absolute Gasteiger partial charge is 0.303 e. The van der Waals surface area contributed by atoms with Crippen LogP contribution >= 0.6 is 0 Å². The Morgan fingerprint density at radius 1 is 1.22 bits per heavy atom. The van der Waals surface area contributed by atoms with Crippen LogP contribution < -0.4 is 5.32 Å². The zero-order valence-corrected chi connectivity index (χ0v) is 15.1. The second-order valence-corrected chi connectivity index (χ2v) is 6.85. The van der Waals surface area contributed by atoms with E-state index in [4.69, 9.17) is 9.52 Å². The van der Waals surface area contributed by atoms with Crippen LogP contribution in [0.5, 0.6) is 0 Å². The average molecular weight is 370 g/mol. The normalized spacial score (nSPS) is 17.1. The van der Waals surface area contributed by atoms with Crippen molar-refractivity contribution in [2.75, 3.05) is 6.54 Å². The van der Waals surface area contributed by atoms with Crippen LogP contribution in [0.1, 0.15) is 35.0 Å². The highest BCUT2D eigenvalue weighted by Gasteiger charge is 2.35. The van der Waals surface area contributed by atoms with Gasteiger partial charge >= 0.3 is 5.97 Å². The molecule has 0 fully saturated rings. The molecule has 1 aromatic heterocycles. The molecule has 0 spiro atoms. The number of hydrogen-bond donors (Lipinski definition) is 2. The van der Waals surface area contributed by atoms with Crippen molar-refractivity contribution in [3.8, 4) is 0 Å². The molecule has 27 heavy (non-hydrogen) atoms. The summed E-state index contributed by atoms with van der Waals surface area (Å²) in [5.74, 6) is -1.55. The zero-order chi connectivity index (χ0) is 19.4. The Kier molecular flexibility index (Phi) is 5.59. The summed E-state index contributed by atoms with van der Waals surface area (Å²) in [7, 11) is 0. The standard InChI is InChI=1S/C20H22N2O5/c1-13(9-18(23)24)11-21-19(25)16-10-14-5-2-3-6-15(14)12-22(16)20(26)17-7-4-8-27-17/h2-8,13,16H,9-12H2,1H3,(H,21,25)(H,23,24). The quantitative estimate of drug-likeness (QED) is 0.811. The van der Waals surface area contributed by atoms with E-state index in [1.807, 2.05) is 24.3 Å². The van der Waals surface area contributed by atoms with Gasteiger partial charge in [-0.15, -0.1) is 0 Å². The van der Waals surface area contributed by atoms with E-state index >= 15 is 0 Å². The summed E-state index contributed by atoms with van der Waals surface area (Å²) in [4.78, 5) is 37.9. The van der Waals surface area contributed by atoms with E-state index in [-0.39, 0.29) is 36.5 Å². The lowest BCUT2D eigenvalue weighted by molar-refractivity contribution is -0.138. The topological polar surface area (TPSA) is 99.9 Å². The molecular weight excluding hydrogens is 348 g/mol. The molecule has 0 radical (unpaired) electrons. The number of benzene rings is 1. The molecule has 3 rings (SSSR count). The van der Waals surface area contributed by atoms with Crippen molar-refractivity contribution >= 4 is 17.8 Å². The maximum absolute atomic E-state index is 12.8. The molecule has 0 bridgehead atoms. The highest BCUT2D eigenvalue weighted by molar-refractivity contribution is 5.96. The Balaban J connectivity index is 1.78. The van der Waals surface area contributed by atoms with Crippen molar-refractivity contribution in [3.05, 3.63) is 59.5 Å². The predicted molar refractivity (Wildman–Crippen MR) is 96.9 cm³/mol. The number of carbonyl (C=O) groups is 3. The molecule has 2 atom stereocenters. The monoisotopic (exact) mass is 370 g/mol. The maximum atomic E-state index is 12.8. The Hall–Kier alpha value is -3.09. The number of aliphatic carboxylic acids is 1. The van der Waals surface area contributed by atoms with Gasteiger partial charge in [0.1, 0.15) is 6.04 Å². The summed E-state index contributed by atoms with van der Waals surface area (Å²) >= 11 is 0. The van der Waals surface area contributed by atoms with Gasteiger partial charge in [0.25, 0.3) is 5.91 Å². The van der Waals surface area contributed by atoms with Crippen molar-refractivity contribution in [1.29, 1.82) is 0 Å². The van der Waals surface area contributed by atoms with Gasteiger partial charge in [0, 0.05) is 25.9 Å². The lowest BCUT2D eigenvalue weighted by Crippen LogP contribution is -2.53. The Morgan fingerprint density at radius 2 is 1.96 bits per heavy atom. The summed E-state index contributed by atoms with van der Waals surface area (Å²) in [5, 5.41) is 11.6. The van der Waals surface area contributed by atoms with Gasteiger partial charge in [0.15, 0.2) is 5.76 Å². The summed E-state index contributed by atoms with van der Waals surface area (Å²) in [6.45, 7) is 2.32. The number of nitrogens with one attached hydrogen (secondary N) is 1. The van der Waals surface area contributed by atoms with E-state index in [0.717, 1.165) is 11.1 Å². The van der Waals surface area contributed by atoms with Crippen LogP contribution in [0, 0.1) is 5.92 Å². The number of nitrogens with zero attached hydrogens (tertiary/aromatic N) is 1. The molecule has 2 heterocycles. The van der Waals surface area contributed by atoms with Gasteiger partial charge in [-0.2, -0.15) is 0 Å². The van der Waals surface area contributed by atoms with E-state index in [1.54, 1.807) is 19.1 Å². The first-order chi connectivity index (χ1) is 13.0. The Labute approximate surface area is 157 Å². The molecule has 2 unspecified atom stereocenters. The van der Waals surface area contributed by atoms with E-state index in [9.17, 15) is 14.4 Å². The molecule has 142 valence electrons. The van der Waals surface area contributed by atoms with Crippen molar-refractivity contribution in [1.82, 2.24) is 10.2 Å². The molecule has 0 saturated carbocycles. The van der Waals surface area contributed by atoms with E-state index in [1.165, 1.54) is 11.2 Å². The van der Waals surface area contributed by atoms with Crippen molar-refractivity contribution in [2.24, 2.45) is 5.92 Å². The van der Waals surface area contributed by atoms with Crippen LogP contribution in [0.3, 0.4) is 0 Å². The molecule has 0 saturated heterocycles. The van der Waals surface area contributed by atoms with Crippen LogP contribution in [-0.4, -0.2) is 40.4 Å². The molecule has 2 amide bonds. The number of carbonyl (C=O) groups excluding carboxylic acids is 2. The first kappa shape index (κ1) is 18.7. The van der Waals surface area contributed by atoms with Gasteiger partial charge in [0.2, 0.25) is 5.91 Å². The summed E-state index contributed by atoms with van der Waals surface area (Å²) < 4.78 is 5.22. The van der Waals surface area contributed by atoms with Crippen LogP contribution in [-0.2, 0) is 22.6 Å². The van der Waals surface area contributed by atoms with Crippen LogP contribution in [0.2, 0.25) is 0 Å². The van der Waals surface area contributed by atoms with Crippen LogP contribution in [0.15, 0.2) is 47.1 Å². The van der Waals surface area contributed by atoms with Crippen molar-refractivity contribution in [2.45, 2.75) is 32.4 Å². The SMILES string of the molecule is CC(CNC(=O)C1Cc2ccccc2CN1C(=O)c1ccco1)CC(=O)O. The molecule has 1 aliphatic heterocycles. The largest absolute Gasteiger partial charge is 0.481 e. The number of fused-ring (bicyclic) bond motifs is 1. The number of furan rings is 1. The number of carboxylic acids is 1. The molecule has 7 nitrogen and oxygen atoms in total. The molecule has 1 aliphatic rings. The van der Waals surface area contributed by atoms with Gasteiger partial charge in [-0.25, -0.2) is 0 Å². The van der Waals surface area contributed by atoms with Gasteiger partial charge in [0.05, 0.1) is 6.26 Å². The number of amides is 2. The predicted octanol–water partition coefficient (Wildman–Crippen LogP) is 2.07.